The van der Waals surface area contributed by atoms with Crippen LogP contribution in [0.2, 0.25) is 0 Å². The summed E-state index contributed by atoms with van der Waals surface area (Å²) in [5.41, 5.74) is 3.96. The van der Waals surface area contributed by atoms with Crippen molar-refractivity contribution in [2.45, 2.75) is 25.7 Å². The van der Waals surface area contributed by atoms with E-state index < -0.39 is 0 Å². The molecule has 1 aliphatic rings. The molecule has 0 fully saturated rings. The normalized spacial score (nSPS) is 15.9. The molecule has 2 N–H and O–H groups in total. The highest BCUT2D eigenvalue weighted by Crippen LogP contribution is 2.10. The monoisotopic (exact) mass is 261 g/mol. The number of aliphatic hydroxyl groups excluding tert-OH is 1. The van der Waals surface area contributed by atoms with Gasteiger partial charge in [-0.3, -0.25) is 10.4 Å². The van der Waals surface area contributed by atoms with E-state index in [1.165, 1.54) is 19.3 Å². The molecule has 1 heterocycles. The number of aliphatic imine (C=N–C) groups is 1. The zero-order chi connectivity index (χ0) is 13.3. The lowest BCUT2D eigenvalue weighted by Crippen LogP contribution is -2.17. The smallest absolute Gasteiger partial charge is 0.186 e. The van der Waals surface area contributed by atoms with Crippen LogP contribution in [0.3, 0.4) is 0 Å². The van der Waals surface area contributed by atoms with Crippen molar-refractivity contribution in [2.24, 2.45) is 10.1 Å². The maximum Gasteiger partial charge on any atom is 0.186 e. The van der Waals surface area contributed by atoms with Crippen LogP contribution in [0.5, 0.6) is 5.75 Å². The quantitative estimate of drug-likeness (QED) is 0.494. The third-order valence-corrected chi connectivity index (χ3v) is 2.89. The van der Waals surface area contributed by atoms with Crippen LogP contribution in [0.15, 0.2) is 34.4 Å². The zero-order valence-electron chi connectivity index (χ0n) is 10.9. The van der Waals surface area contributed by atoms with Gasteiger partial charge in [-0.25, -0.2) is 0 Å². The van der Waals surface area contributed by atoms with E-state index in [-0.39, 0.29) is 6.79 Å². The number of hydrogen-bond acceptors (Lipinski definition) is 5. The molecule has 1 aromatic rings. The van der Waals surface area contributed by atoms with Crippen LogP contribution >= 0.6 is 0 Å². The first-order valence-corrected chi connectivity index (χ1v) is 6.54. The van der Waals surface area contributed by atoms with Gasteiger partial charge in [0.05, 0.1) is 6.21 Å². The van der Waals surface area contributed by atoms with E-state index >= 15 is 0 Å². The Balaban J connectivity index is 1.85. The topological polar surface area (TPSA) is 66.2 Å². The molecule has 5 heteroatoms. The van der Waals surface area contributed by atoms with Gasteiger partial charge in [-0.2, -0.15) is 5.10 Å². The van der Waals surface area contributed by atoms with Crippen LogP contribution in [-0.2, 0) is 0 Å². The van der Waals surface area contributed by atoms with Crippen molar-refractivity contribution >= 4 is 12.1 Å². The largest absolute Gasteiger partial charge is 0.468 e. The van der Waals surface area contributed by atoms with Gasteiger partial charge in [-0.1, -0.05) is 6.42 Å². The van der Waals surface area contributed by atoms with Crippen molar-refractivity contribution in [2.75, 3.05) is 13.3 Å². The number of nitrogens with zero attached hydrogens (tertiary/aromatic N) is 2. The molecule has 0 atom stereocenters. The van der Waals surface area contributed by atoms with Gasteiger partial charge < -0.3 is 9.84 Å². The Hall–Kier alpha value is -1.88. The molecule has 0 unspecified atom stereocenters. The number of benzene rings is 1. The lowest BCUT2D eigenvalue weighted by Gasteiger charge is -2.03. The first-order valence-electron chi connectivity index (χ1n) is 6.54. The van der Waals surface area contributed by atoms with E-state index in [0.29, 0.717) is 5.75 Å². The predicted molar refractivity (Wildman–Crippen MR) is 75.7 cm³/mol. The molecule has 0 spiro atoms. The molecule has 0 aromatic heterocycles. The molecule has 19 heavy (non-hydrogen) atoms. The second-order valence-corrected chi connectivity index (χ2v) is 4.35. The van der Waals surface area contributed by atoms with Crippen molar-refractivity contribution < 1.29 is 9.84 Å². The molecule has 0 bridgehead atoms. The molecular weight excluding hydrogens is 242 g/mol. The number of amidine groups is 1. The number of aliphatic hydroxyl groups is 1. The molecule has 1 aromatic carbocycles. The van der Waals surface area contributed by atoms with Crippen molar-refractivity contribution in [1.82, 2.24) is 5.43 Å². The number of ether oxygens (including phenoxy) is 1. The summed E-state index contributed by atoms with van der Waals surface area (Å²) in [4.78, 5) is 4.44. The summed E-state index contributed by atoms with van der Waals surface area (Å²) in [5, 5.41) is 12.8. The predicted octanol–water partition coefficient (Wildman–Crippen LogP) is 1.91. The minimum absolute atomic E-state index is 0.311. The van der Waals surface area contributed by atoms with Gasteiger partial charge in [-0.15, -0.1) is 0 Å². The summed E-state index contributed by atoms with van der Waals surface area (Å²) in [7, 11) is 0. The average Bonchev–Trinajstić information content (AvgIpc) is 2.70. The number of rotatable bonds is 4. The van der Waals surface area contributed by atoms with E-state index in [2.05, 4.69) is 15.5 Å². The summed E-state index contributed by atoms with van der Waals surface area (Å²) >= 11 is 0. The fraction of sp³-hybridized carbons (Fsp3) is 0.429. The summed E-state index contributed by atoms with van der Waals surface area (Å²) in [6, 6.07) is 7.34. The van der Waals surface area contributed by atoms with Crippen LogP contribution in [0.4, 0.5) is 0 Å². The van der Waals surface area contributed by atoms with Gasteiger partial charge >= 0.3 is 0 Å². The SMILES string of the molecule is OCOc1ccc(/C=N/NC2=NCCCCC2)cc1. The maximum absolute atomic E-state index is 8.63. The summed E-state index contributed by atoms with van der Waals surface area (Å²) < 4.78 is 4.95. The van der Waals surface area contributed by atoms with Gasteiger partial charge in [0, 0.05) is 13.0 Å². The Bertz CT molecular complexity index is 441. The van der Waals surface area contributed by atoms with Gasteiger partial charge in [0.2, 0.25) is 0 Å². The van der Waals surface area contributed by atoms with Crippen LogP contribution in [0, 0.1) is 0 Å². The van der Waals surface area contributed by atoms with Crippen molar-refractivity contribution in [3.8, 4) is 5.75 Å². The Morgan fingerprint density at radius 2 is 2.11 bits per heavy atom. The Labute approximate surface area is 113 Å². The van der Waals surface area contributed by atoms with Crippen LogP contribution < -0.4 is 10.2 Å². The Kier molecular flexibility index (Phi) is 5.37. The summed E-state index contributed by atoms with van der Waals surface area (Å²) in [6.45, 7) is 0.583. The van der Waals surface area contributed by atoms with E-state index in [4.69, 9.17) is 9.84 Å². The lowest BCUT2D eigenvalue weighted by atomic mass is 10.2. The van der Waals surface area contributed by atoms with Crippen LogP contribution in [0.25, 0.3) is 0 Å². The second kappa shape index (κ2) is 7.53. The molecule has 102 valence electrons. The number of nitrogens with one attached hydrogen (secondary N) is 1. The summed E-state index contributed by atoms with van der Waals surface area (Å²) in [5.74, 6) is 1.61. The van der Waals surface area contributed by atoms with Gasteiger partial charge in [0.25, 0.3) is 0 Å². The Morgan fingerprint density at radius 1 is 1.26 bits per heavy atom. The first-order chi connectivity index (χ1) is 9.38. The Morgan fingerprint density at radius 3 is 2.89 bits per heavy atom. The maximum atomic E-state index is 8.63. The molecule has 0 aliphatic carbocycles. The second-order valence-electron chi connectivity index (χ2n) is 4.35. The highest BCUT2D eigenvalue weighted by atomic mass is 16.6. The van der Waals surface area contributed by atoms with Crippen molar-refractivity contribution in [3.63, 3.8) is 0 Å². The first kappa shape index (κ1) is 13.5. The van der Waals surface area contributed by atoms with Gasteiger partial charge in [0.1, 0.15) is 11.6 Å². The van der Waals surface area contributed by atoms with Gasteiger partial charge in [0.15, 0.2) is 6.79 Å². The van der Waals surface area contributed by atoms with Crippen molar-refractivity contribution in [1.29, 1.82) is 0 Å². The number of hydrazone groups is 1. The molecule has 1 aliphatic heterocycles. The average molecular weight is 261 g/mol. The van der Waals surface area contributed by atoms with Crippen LogP contribution in [0.1, 0.15) is 31.2 Å². The van der Waals surface area contributed by atoms with E-state index in [1.54, 1.807) is 18.3 Å². The molecule has 0 amide bonds. The lowest BCUT2D eigenvalue weighted by molar-refractivity contribution is 0.0985. The third kappa shape index (κ3) is 4.71. The molecular formula is C14H19N3O2. The summed E-state index contributed by atoms with van der Waals surface area (Å²) in [6.07, 6.45) is 6.30. The standard InChI is InChI=1S/C14H19N3O2/c18-11-19-13-7-5-12(6-8-13)10-16-17-14-4-2-1-3-9-15-14/h5-8,10,18H,1-4,9,11H2,(H,15,17)/b16-10+. The highest BCUT2D eigenvalue weighted by molar-refractivity contribution is 5.85. The molecule has 0 radical (unpaired) electrons. The minimum Gasteiger partial charge on any atom is -0.468 e. The zero-order valence-corrected chi connectivity index (χ0v) is 10.9. The van der Waals surface area contributed by atoms with Gasteiger partial charge in [-0.05, 0) is 42.7 Å². The van der Waals surface area contributed by atoms with E-state index in [0.717, 1.165) is 24.4 Å². The van der Waals surface area contributed by atoms with Crippen molar-refractivity contribution in [3.05, 3.63) is 29.8 Å². The molecule has 0 saturated heterocycles. The molecule has 5 nitrogen and oxygen atoms in total. The fourth-order valence-corrected chi connectivity index (χ4v) is 1.87. The fourth-order valence-electron chi connectivity index (χ4n) is 1.87. The number of hydrogen-bond donors (Lipinski definition) is 2. The minimum atomic E-state index is -0.311. The molecule has 0 saturated carbocycles. The van der Waals surface area contributed by atoms with Crippen LogP contribution in [-0.4, -0.2) is 30.5 Å². The third-order valence-electron chi connectivity index (χ3n) is 2.89. The van der Waals surface area contributed by atoms with E-state index in [9.17, 15) is 0 Å². The van der Waals surface area contributed by atoms with E-state index in [1.807, 2.05) is 12.1 Å². The molecule has 2 rings (SSSR count). The highest BCUT2D eigenvalue weighted by Gasteiger charge is 2.02.